The first-order valence-corrected chi connectivity index (χ1v) is 7.44. The number of halogens is 1. The molecule has 1 aromatic carbocycles. The minimum absolute atomic E-state index is 0.116. The van der Waals surface area contributed by atoms with Crippen LogP contribution in [0.2, 0.25) is 0 Å². The van der Waals surface area contributed by atoms with E-state index in [1.807, 2.05) is 38.2 Å². The highest BCUT2D eigenvalue weighted by molar-refractivity contribution is 9.10. The molecule has 5 nitrogen and oxygen atoms in total. The molecule has 1 unspecified atom stereocenters. The first-order chi connectivity index (χ1) is 9.49. The summed E-state index contributed by atoms with van der Waals surface area (Å²) in [6.45, 7) is 3.62. The van der Waals surface area contributed by atoms with Gasteiger partial charge in [-0.25, -0.2) is 4.79 Å². The number of nitrogens with one attached hydrogen (secondary N) is 2. The summed E-state index contributed by atoms with van der Waals surface area (Å²) in [7, 11) is 1.97. The summed E-state index contributed by atoms with van der Waals surface area (Å²) in [6.07, 6.45) is 0. The third-order valence-electron chi connectivity index (χ3n) is 3.63. The van der Waals surface area contributed by atoms with E-state index < -0.39 is 0 Å². The highest BCUT2D eigenvalue weighted by Gasteiger charge is 2.33. The molecule has 0 radical (unpaired) electrons. The largest absolute Gasteiger partial charge is 0.336 e. The highest BCUT2D eigenvalue weighted by Crippen LogP contribution is 2.09. The topological polar surface area (TPSA) is 53.9 Å². The molecule has 2 atom stereocenters. The van der Waals surface area contributed by atoms with Crippen LogP contribution in [0.5, 0.6) is 0 Å². The predicted molar refractivity (Wildman–Crippen MR) is 79.3 cm³/mol. The molecule has 0 spiro atoms. The van der Waals surface area contributed by atoms with Crippen LogP contribution in [0.15, 0.2) is 28.7 Å². The van der Waals surface area contributed by atoms with Gasteiger partial charge in [-0.05, 0) is 19.1 Å². The van der Waals surface area contributed by atoms with E-state index >= 15 is 0 Å². The van der Waals surface area contributed by atoms with Crippen molar-refractivity contribution >= 4 is 27.9 Å². The lowest BCUT2D eigenvalue weighted by Gasteiger charge is -2.24. The molecule has 1 fully saturated rings. The van der Waals surface area contributed by atoms with E-state index in [-0.39, 0.29) is 18.0 Å². The third-order valence-corrected chi connectivity index (χ3v) is 4.16. The highest BCUT2D eigenvalue weighted by atomic mass is 79.9. The van der Waals surface area contributed by atoms with Gasteiger partial charge in [0.05, 0.1) is 7.05 Å². The maximum Gasteiger partial charge on any atom is 0.324 e. The number of nitrogens with zero attached hydrogens (tertiary/aromatic N) is 1. The van der Waals surface area contributed by atoms with Crippen molar-refractivity contribution < 1.29 is 14.5 Å². The quantitative estimate of drug-likeness (QED) is 0.833. The van der Waals surface area contributed by atoms with Crippen molar-refractivity contribution in [1.82, 2.24) is 10.2 Å². The fourth-order valence-electron chi connectivity index (χ4n) is 2.20. The number of amides is 3. The first-order valence-electron chi connectivity index (χ1n) is 6.65. The summed E-state index contributed by atoms with van der Waals surface area (Å²) < 4.78 is 1.04. The summed E-state index contributed by atoms with van der Waals surface area (Å²) in [6, 6.07) is 7.52. The molecular formula is C14H19BrN3O2+. The van der Waals surface area contributed by atoms with Gasteiger partial charge in [-0.1, -0.05) is 28.1 Å². The van der Waals surface area contributed by atoms with Crippen LogP contribution in [0, 0.1) is 0 Å². The van der Waals surface area contributed by atoms with Gasteiger partial charge < -0.3 is 10.2 Å². The molecule has 0 aromatic heterocycles. The van der Waals surface area contributed by atoms with Gasteiger partial charge >= 0.3 is 6.03 Å². The summed E-state index contributed by atoms with van der Waals surface area (Å²) >= 11 is 3.40. The second-order valence-corrected chi connectivity index (χ2v) is 6.01. The van der Waals surface area contributed by atoms with E-state index in [0.717, 1.165) is 21.5 Å². The average Bonchev–Trinajstić information content (AvgIpc) is 2.86. The number of benzene rings is 1. The second-order valence-electron chi connectivity index (χ2n) is 5.09. The number of imide groups is 1. The summed E-state index contributed by atoms with van der Waals surface area (Å²) in [4.78, 5) is 26.2. The Morgan fingerprint density at radius 1 is 1.45 bits per heavy atom. The van der Waals surface area contributed by atoms with Crippen LogP contribution in [-0.2, 0) is 11.3 Å². The maximum atomic E-state index is 12.3. The van der Waals surface area contributed by atoms with Crippen LogP contribution < -0.4 is 10.2 Å². The smallest absolute Gasteiger partial charge is 0.324 e. The Hall–Kier alpha value is -1.40. The maximum absolute atomic E-state index is 12.3. The van der Waals surface area contributed by atoms with Gasteiger partial charge in [-0.15, -0.1) is 0 Å². The molecule has 1 saturated heterocycles. The zero-order valence-electron chi connectivity index (χ0n) is 11.6. The lowest BCUT2D eigenvalue weighted by Crippen LogP contribution is -3.12. The van der Waals surface area contributed by atoms with Gasteiger partial charge in [-0.3, -0.25) is 9.69 Å². The minimum atomic E-state index is -0.279. The van der Waals surface area contributed by atoms with Gasteiger partial charge in [-0.2, -0.15) is 0 Å². The lowest BCUT2D eigenvalue weighted by atomic mass is 10.2. The molecule has 108 valence electrons. The molecule has 1 aromatic rings. The standard InChI is InChI=1S/C14H18BrN3O2/c1-10(13(19)18-8-7-16-14(18)20)17(2)9-11-3-5-12(15)6-4-11/h3-6,10H,7-9H2,1-2H3,(H,16,20)/p+1/t10-/m0/s1. The van der Waals surface area contributed by atoms with Crippen LogP contribution in [0.3, 0.4) is 0 Å². The van der Waals surface area contributed by atoms with E-state index in [9.17, 15) is 9.59 Å². The zero-order chi connectivity index (χ0) is 14.7. The van der Waals surface area contributed by atoms with Crippen LogP contribution >= 0.6 is 15.9 Å². The lowest BCUT2D eigenvalue weighted by molar-refractivity contribution is -0.908. The Bertz CT molecular complexity index is 504. The molecule has 3 amide bonds. The van der Waals surface area contributed by atoms with E-state index in [0.29, 0.717) is 13.1 Å². The Morgan fingerprint density at radius 3 is 2.65 bits per heavy atom. The van der Waals surface area contributed by atoms with Gasteiger partial charge in [0, 0.05) is 23.1 Å². The molecular weight excluding hydrogens is 322 g/mol. The normalized spacial score (nSPS) is 17.8. The van der Waals surface area contributed by atoms with Gasteiger partial charge in [0.25, 0.3) is 5.91 Å². The van der Waals surface area contributed by atoms with E-state index in [1.165, 1.54) is 4.90 Å². The molecule has 0 aliphatic carbocycles. The molecule has 2 N–H and O–H groups in total. The van der Waals surface area contributed by atoms with Gasteiger partial charge in [0.15, 0.2) is 6.04 Å². The number of hydrogen-bond donors (Lipinski definition) is 2. The van der Waals surface area contributed by atoms with Crippen LogP contribution in [-0.4, -0.2) is 43.0 Å². The zero-order valence-corrected chi connectivity index (χ0v) is 13.2. The molecule has 6 heteroatoms. The molecule has 2 rings (SSSR count). The first kappa shape index (κ1) is 15.0. The average molecular weight is 341 g/mol. The van der Waals surface area contributed by atoms with Crippen molar-refractivity contribution in [3.63, 3.8) is 0 Å². The fraction of sp³-hybridized carbons (Fsp3) is 0.429. The molecule has 0 saturated carbocycles. The van der Waals surface area contributed by atoms with E-state index in [4.69, 9.17) is 0 Å². The molecule has 1 aliphatic heterocycles. The molecule has 1 heterocycles. The molecule has 20 heavy (non-hydrogen) atoms. The van der Waals surface area contributed by atoms with E-state index in [1.54, 1.807) is 0 Å². The number of likely N-dealkylation sites (N-methyl/N-ethyl adjacent to an activating group) is 1. The minimum Gasteiger partial charge on any atom is -0.336 e. The SMILES string of the molecule is C[C@@H](C(=O)N1CCNC1=O)[NH+](C)Cc1ccc(Br)cc1. The predicted octanol–water partition coefficient (Wildman–Crippen LogP) is 0.404. The van der Waals surface area contributed by atoms with Crippen LogP contribution in [0.25, 0.3) is 0 Å². The monoisotopic (exact) mass is 340 g/mol. The van der Waals surface area contributed by atoms with Gasteiger partial charge in [0.2, 0.25) is 0 Å². The fourth-order valence-corrected chi connectivity index (χ4v) is 2.47. The van der Waals surface area contributed by atoms with Crippen molar-refractivity contribution in [2.45, 2.75) is 19.5 Å². The summed E-state index contributed by atoms with van der Waals surface area (Å²) in [5.41, 5.74) is 1.16. The van der Waals surface area contributed by atoms with Crippen molar-refractivity contribution in [1.29, 1.82) is 0 Å². The number of quaternary nitrogens is 1. The van der Waals surface area contributed by atoms with E-state index in [2.05, 4.69) is 21.2 Å². The number of carbonyl (C=O) groups excluding carboxylic acids is 2. The Kier molecular flexibility index (Phi) is 4.77. The van der Waals surface area contributed by atoms with Crippen molar-refractivity contribution in [2.75, 3.05) is 20.1 Å². The Labute approximate surface area is 127 Å². The molecule has 1 aliphatic rings. The molecule has 0 bridgehead atoms. The Balaban J connectivity index is 1.97. The van der Waals surface area contributed by atoms with Crippen LogP contribution in [0.1, 0.15) is 12.5 Å². The summed E-state index contributed by atoms with van der Waals surface area (Å²) in [5.74, 6) is -0.116. The number of hydrogen-bond acceptors (Lipinski definition) is 2. The van der Waals surface area contributed by atoms with Crippen molar-refractivity contribution in [3.05, 3.63) is 34.3 Å². The van der Waals surface area contributed by atoms with Crippen LogP contribution in [0.4, 0.5) is 4.79 Å². The number of rotatable bonds is 4. The Morgan fingerprint density at radius 2 is 2.10 bits per heavy atom. The number of urea groups is 1. The second kappa shape index (κ2) is 6.37. The summed E-state index contributed by atoms with van der Waals surface area (Å²) in [5, 5.41) is 2.65. The number of carbonyl (C=O) groups is 2. The van der Waals surface area contributed by atoms with Gasteiger partial charge in [0.1, 0.15) is 6.54 Å². The third kappa shape index (κ3) is 3.37. The van der Waals surface area contributed by atoms with Crippen molar-refractivity contribution in [2.24, 2.45) is 0 Å². The van der Waals surface area contributed by atoms with Crippen molar-refractivity contribution in [3.8, 4) is 0 Å².